The molecule has 2 nitrogen and oxygen atoms in total. The summed E-state index contributed by atoms with van der Waals surface area (Å²) in [6.07, 6.45) is 4.77. The van der Waals surface area contributed by atoms with Crippen molar-refractivity contribution >= 4 is 0 Å². The lowest BCUT2D eigenvalue weighted by Gasteiger charge is -2.35. The van der Waals surface area contributed by atoms with Crippen molar-refractivity contribution in [2.45, 2.75) is 65.0 Å². The molecule has 1 aliphatic rings. The van der Waals surface area contributed by atoms with Gasteiger partial charge in [0.05, 0.1) is 5.60 Å². The molecule has 0 aliphatic heterocycles. The number of rotatable bonds is 4. The maximum absolute atomic E-state index is 9.94. The van der Waals surface area contributed by atoms with Gasteiger partial charge < -0.3 is 10.4 Å². The van der Waals surface area contributed by atoms with Gasteiger partial charge in [-0.1, -0.05) is 27.2 Å². The van der Waals surface area contributed by atoms with E-state index in [4.69, 9.17) is 0 Å². The van der Waals surface area contributed by atoms with E-state index in [1.54, 1.807) is 0 Å². The van der Waals surface area contributed by atoms with E-state index < -0.39 is 5.60 Å². The molecular formula is C13H27NO. The normalized spacial score (nSPS) is 36.2. The average Bonchev–Trinajstić information content (AvgIpc) is 2.20. The fraction of sp³-hybridized carbons (Fsp3) is 1.00. The largest absolute Gasteiger partial charge is 0.389 e. The number of nitrogens with one attached hydrogen (secondary N) is 1. The molecule has 0 saturated heterocycles. The van der Waals surface area contributed by atoms with Gasteiger partial charge in [-0.3, -0.25) is 0 Å². The molecule has 0 bridgehead atoms. The lowest BCUT2D eigenvalue weighted by Crippen LogP contribution is -2.46. The maximum Gasteiger partial charge on any atom is 0.0741 e. The summed E-state index contributed by atoms with van der Waals surface area (Å²) >= 11 is 0. The molecule has 1 fully saturated rings. The van der Waals surface area contributed by atoms with Gasteiger partial charge in [0, 0.05) is 12.6 Å². The number of aliphatic hydroxyl groups is 1. The first-order valence-corrected chi connectivity index (χ1v) is 6.40. The number of hydrogen-bond donors (Lipinski definition) is 2. The van der Waals surface area contributed by atoms with Crippen LogP contribution in [0.1, 0.15) is 53.4 Å². The molecule has 0 spiro atoms. The van der Waals surface area contributed by atoms with Crippen LogP contribution in [-0.4, -0.2) is 23.3 Å². The fourth-order valence-corrected chi connectivity index (χ4v) is 2.29. The maximum atomic E-state index is 9.94. The van der Waals surface area contributed by atoms with Crippen molar-refractivity contribution in [2.24, 2.45) is 11.8 Å². The van der Waals surface area contributed by atoms with Crippen molar-refractivity contribution in [3.05, 3.63) is 0 Å². The van der Waals surface area contributed by atoms with Gasteiger partial charge in [0.15, 0.2) is 0 Å². The van der Waals surface area contributed by atoms with Gasteiger partial charge >= 0.3 is 0 Å². The van der Waals surface area contributed by atoms with Crippen LogP contribution in [0.15, 0.2) is 0 Å². The Bertz CT molecular complexity index is 191. The van der Waals surface area contributed by atoms with E-state index in [0.717, 1.165) is 24.8 Å². The van der Waals surface area contributed by atoms with Crippen molar-refractivity contribution in [3.8, 4) is 0 Å². The summed E-state index contributed by atoms with van der Waals surface area (Å²) in [5.41, 5.74) is -0.541. The lowest BCUT2D eigenvalue weighted by atomic mass is 9.80. The van der Waals surface area contributed by atoms with Gasteiger partial charge in [-0.15, -0.1) is 0 Å². The zero-order valence-electron chi connectivity index (χ0n) is 10.7. The molecule has 2 heteroatoms. The van der Waals surface area contributed by atoms with Crippen LogP contribution in [0.2, 0.25) is 0 Å². The van der Waals surface area contributed by atoms with Crippen molar-refractivity contribution < 1.29 is 5.11 Å². The van der Waals surface area contributed by atoms with E-state index in [1.165, 1.54) is 19.3 Å². The molecule has 1 aliphatic carbocycles. The van der Waals surface area contributed by atoms with E-state index >= 15 is 0 Å². The van der Waals surface area contributed by atoms with Crippen LogP contribution in [0.25, 0.3) is 0 Å². The first kappa shape index (κ1) is 13.0. The Kier molecular flexibility index (Phi) is 4.60. The Balaban J connectivity index is 2.36. The molecule has 0 aromatic heterocycles. The van der Waals surface area contributed by atoms with Gasteiger partial charge in [0.1, 0.15) is 0 Å². The highest BCUT2D eigenvalue weighted by molar-refractivity contribution is 4.84. The molecule has 4 atom stereocenters. The van der Waals surface area contributed by atoms with Crippen LogP contribution < -0.4 is 5.32 Å². The minimum atomic E-state index is -0.541. The molecule has 1 saturated carbocycles. The summed E-state index contributed by atoms with van der Waals surface area (Å²) < 4.78 is 0. The lowest BCUT2D eigenvalue weighted by molar-refractivity contribution is 0.0471. The zero-order chi connectivity index (χ0) is 11.5. The zero-order valence-corrected chi connectivity index (χ0v) is 10.7. The Morgan fingerprint density at radius 3 is 2.60 bits per heavy atom. The molecule has 15 heavy (non-hydrogen) atoms. The highest BCUT2D eigenvalue weighted by Gasteiger charge is 2.27. The Hall–Kier alpha value is -0.0800. The fourth-order valence-electron chi connectivity index (χ4n) is 2.29. The molecule has 0 aromatic rings. The SMILES string of the molecule is CCC(C)(O)CNC1CC(C)CCC1C. The first-order chi connectivity index (χ1) is 6.94. The van der Waals surface area contributed by atoms with Crippen molar-refractivity contribution in [2.75, 3.05) is 6.54 Å². The highest BCUT2D eigenvalue weighted by Crippen LogP contribution is 2.28. The average molecular weight is 213 g/mol. The summed E-state index contributed by atoms with van der Waals surface area (Å²) in [5.74, 6) is 1.60. The van der Waals surface area contributed by atoms with Gasteiger partial charge in [-0.2, -0.15) is 0 Å². The standard InChI is InChI=1S/C13H27NO/c1-5-13(4,15)9-14-12-8-10(2)6-7-11(12)3/h10-12,14-15H,5-9H2,1-4H3. The van der Waals surface area contributed by atoms with Gasteiger partial charge in [0.25, 0.3) is 0 Å². The van der Waals surface area contributed by atoms with E-state index in [1.807, 2.05) is 13.8 Å². The van der Waals surface area contributed by atoms with Crippen LogP contribution in [-0.2, 0) is 0 Å². The van der Waals surface area contributed by atoms with E-state index in [9.17, 15) is 5.11 Å². The molecule has 90 valence electrons. The summed E-state index contributed by atoms with van der Waals surface area (Å²) in [5, 5.41) is 13.5. The van der Waals surface area contributed by atoms with E-state index in [2.05, 4.69) is 19.2 Å². The van der Waals surface area contributed by atoms with Crippen LogP contribution in [0.4, 0.5) is 0 Å². The predicted octanol–water partition coefficient (Wildman–Crippen LogP) is 2.56. The van der Waals surface area contributed by atoms with E-state index in [0.29, 0.717) is 6.04 Å². The van der Waals surface area contributed by atoms with Crippen molar-refractivity contribution in [3.63, 3.8) is 0 Å². The van der Waals surface area contributed by atoms with Crippen LogP contribution in [0, 0.1) is 11.8 Å². The minimum Gasteiger partial charge on any atom is -0.389 e. The topological polar surface area (TPSA) is 32.3 Å². The monoisotopic (exact) mass is 213 g/mol. The second kappa shape index (κ2) is 5.31. The third-order valence-electron chi connectivity index (χ3n) is 3.96. The molecule has 0 heterocycles. The Labute approximate surface area is 94.5 Å². The molecular weight excluding hydrogens is 186 g/mol. The molecule has 1 rings (SSSR count). The smallest absolute Gasteiger partial charge is 0.0741 e. The Morgan fingerprint density at radius 1 is 1.33 bits per heavy atom. The summed E-state index contributed by atoms with van der Waals surface area (Å²) in [4.78, 5) is 0. The summed E-state index contributed by atoms with van der Waals surface area (Å²) in [6, 6.07) is 0.603. The van der Waals surface area contributed by atoms with E-state index in [-0.39, 0.29) is 0 Å². The highest BCUT2D eigenvalue weighted by atomic mass is 16.3. The second-order valence-electron chi connectivity index (χ2n) is 5.73. The molecule has 2 N–H and O–H groups in total. The van der Waals surface area contributed by atoms with Crippen molar-refractivity contribution in [1.82, 2.24) is 5.32 Å². The molecule has 4 unspecified atom stereocenters. The summed E-state index contributed by atoms with van der Waals surface area (Å²) in [6.45, 7) is 9.33. The second-order valence-corrected chi connectivity index (χ2v) is 5.73. The van der Waals surface area contributed by atoms with Crippen LogP contribution >= 0.6 is 0 Å². The van der Waals surface area contributed by atoms with Crippen LogP contribution in [0.5, 0.6) is 0 Å². The van der Waals surface area contributed by atoms with Crippen molar-refractivity contribution in [1.29, 1.82) is 0 Å². The van der Waals surface area contributed by atoms with Gasteiger partial charge in [0.2, 0.25) is 0 Å². The van der Waals surface area contributed by atoms with Crippen LogP contribution in [0.3, 0.4) is 0 Å². The summed E-state index contributed by atoms with van der Waals surface area (Å²) in [7, 11) is 0. The van der Waals surface area contributed by atoms with Gasteiger partial charge in [-0.25, -0.2) is 0 Å². The Morgan fingerprint density at radius 2 is 2.00 bits per heavy atom. The third-order valence-corrected chi connectivity index (χ3v) is 3.96. The quantitative estimate of drug-likeness (QED) is 0.752. The predicted molar refractivity (Wildman–Crippen MR) is 64.9 cm³/mol. The molecule has 0 aromatic carbocycles. The third kappa shape index (κ3) is 4.12. The van der Waals surface area contributed by atoms with Gasteiger partial charge in [-0.05, 0) is 38.0 Å². The molecule has 0 radical (unpaired) electrons. The first-order valence-electron chi connectivity index (χ1n) is 6.40. The number of hydrogen-bond acceptors (Lipinski definition) is 2. The molecule has 0 amide bonds. The minimum absolute atomic E-state index is 0.541.